The lowest BCUT2D eigenvalue weighted by Crippen LogP contribution is -2.41. The van der Waals surface area contributed by atoms with Gasteiger partial charge < -0.3 is 0 Å². The van der Waals surface area contributed by atoms with Crippen LogP contribution in [0.3, 0.4) is 0 Å². The normalized spacial score (nSPS) is 25.7. The molecule has 18 heavy (non-hydrogen) atoms. The molecule has 1 aromatic rings. The lowest BCUT2D eigenvalue weighted by molar-refractivity contribution is 0.114. The second kappa shape index (κ2) is 4.57. The van der Waals surface area contributed by atoms with E-state index in [1.807, 2.05) is 25.7 Å². The van der Waals surface area contributed by atoms with E-state index in [9.17, 15) is 13.2 Å². The summed E-state index contributed by atoms with van der Waals surface area (Å²) >= 11 is 0. The Morgan fingerprint density at radius 1 is 1.22 bits per heavy atom. The predicted molar refractivity (Wildman–Crippen MR) is 65.1 cm³/mol. The quantitative estimate of drug-likeness (QED) is 0.738. The number of likely N-dealkylation sites (tertiary alicyclic amines) is 1. The van der Waals surface area contributed by atoms with E-state index in [2.05, 4.69) is 0 Å². The van der Waals surface area contributed by atoms with Gasteiger partial charge in [0.05, 0.1) is 0 Å². The molecule has 0 aliphatic carbocycles. The van der Waals surface area contributed by atoms with Crippen molar-refractivity contribution in [2.24, 2.45) is 0 Å². The topological polar surface area (TPSA) is 3.24 Å². The molecule has 0 bridgehead atoms. The van der Waals surface area contributed by atoms with Gasteiger partial charge in [0, 0.05) is 23.7 Å². The molecule has 0 unspecified atom stereocenters. The zero-order chi connectivity index (χ0) is 13.5. The van der Waals surface area contributed by atoms with Crippen molar-refractivity contribution in [3.63, 3.8) is 0 Å². The van der Waals surface area contributed by atoms with Crippen molar-refractivity contribution < 1.29 is 13.2 Å². The Morgan fingerprint density at radius 2 is 1.89 bits per heavy atom. The Morgan fingerprint density at radius 3 is 2.50 bits per heavy atom. The van der Waals surface area contributed by atoms with Gasteiger partial charge in [-0.15, -0.1) is 0 Å². The second-order valence-electron chi connectivity index (χ2n) is 5.84. The summed E-state index contributed by atoms with van der Waals surface area (Å²) < 4.78 is 40.7. The molecule has 0 radical (unpaired) electrons. The van der Waals surface area contributed by atoms with Gasteiger partial charge in [0.1, 0.15) is 17.8 Å². The molecule has 0 saturated carbocycles. The highest BCUT2D eigenvalue weighted by Crippen LogP contribution is 2.39. The zero-order valence-electron chi connectivity index (χ0n) is 10.9. The number of hydrogen-bond donors (Lipinski definition) is 0. The van der Waals surface area contributed by atoms with Crippen LogP contribution in [0.4, 0.5) is 13.2 Å². The first kappa shape index (κ1) is 13.4. The maximum atomic E-state index is 13.8. The Labute approximate surface area is 106 Å². The molecule has 1 fully saturated rings. The molecule has 0 N–H and O–H groups in total. The molecule has 0 amide bonds. The van der Waals surface area contributed by atoms with Crippen molar-refractivity contribution in [2.75, 3.05) is 6.54 Å². The Kier molecular flexibility index (Phi) is 3.41. The van der Waals surface area contributed by atoms with Gasteiger partial charge in [-0.1, -0.05) is 0 Å². The summed E-state index contributed by atoms with van der Waals surface area (Å²) in [5.41, 5.74) is -0.0188. The summed E-state index contributed by atoms with van der Waals surface area (Å²) in [4.78, 5) is 1.90. The van der Waals surface area contributed by atoms with Gasteiger partial charge >= 0.3 is 0 Å². The first-order chi connectivity index (χ1) is 8.29. The molecule has 1 nitrogen and oxygen atoms in total. The Bertz CT molecular complexity index is 439. The van der Waals surface area contributed by atoms with Gasteiger partial charge in [0.15, 0.2) is 0 Å². The van der Waals surface area contributed by atoms with Crippen LogP contribution in [0, 0.1) is 11.6 Å². The monoisotopic (exact) mass is 257 g/mol. The molecule has 1 heterocycles. The van der Waals surface area contributed by atoms with E-state index in [4.69, 9.17) is 0 Å². The van der Waals surface area contributed by atoms with Gasteiger partial charge in [0.25, 0.3) is 0 Å². The molecule has 2 atom stereocenters. The first-order valence-corrected chi connectivity index (χ1v) is 6.15. The van der Waals surface area contributed by atoms with Crippen molar-refractivity contribution in [1.82, 2.24) is 4.90 Å². The number of halogens is 3. The third-order valence-corrected chi connectivity index (χ3v) is 3.43. The van der Waals surface area contributed by atoms with E-state index >= 15 is 0 Å². The molecule has 0 spiro atoms. The number of alkyl halides is 1. The average Bonchev–Trinajstić information content (AvgIpc) is 2.63. The van der Waals surface area contributed by atoms with Crippen LogP contribution >= 0.6 is 0 Å². The van der Waals surface area contributed by atoms with Gasteiger partial charge in [-0.3, -0.25) is 4.90 Å². The molecule has 1 saturated heterocycles. The van der Waals surface area contributed by atoms with Crippen molar-refractivity contribution >= 4 is 0 Å². The van der Waals surface area contributed by atoms with Gasteiger partial charge in [0.2, 0.25) is 0 Å². The van der Waals surface area contributed by atoms with E-state index in [1.54, 1.807) is 0 Å². The number of nitrogens with zero attached hydrogens (tertiary/aromatic N) is 1. The van der Waals surface area contributed by atoms with Crippen molar-refractivity contribution in [2.45, 2.75) is 44.9 Å². The molecule has 0 aromatic heterocycles. The molecule has 2 rings (SSSR count). The molecule has 1 aromatic carbocycles. The van der Waals surface area contributed by atoms with Gasteiger partial charge in [-0.2, -0.15) is 0 Å². The van der Waals surface area contributed by atoms with E-state index in [1.165, 1.54) is 6.07 Å². The minimum Gasteiger partial charge on any atom is -0.288 e. The third kappa shape index (κ3) is 2.53. The van der Waals surface area contributed by atoms with Gasteiger partial charge in [-0.25, -0.2) is 13.2 Å². The molecule has 1 aliphatic rings. The van der Waals surface area contributed by atoms with Crippen LogP contribution in [-0.2, 0) is 0 Å². The fraction of sp³-hybridized carbons (Fsp3) is 0.571. The highest BCUT2D eigenvalue weighted by molar-refractivity contribution is 5.24. The zero-order valence-corrected chi connectivity index (χ0v) is 10.9. The first-order valence-electron chi connectivity index (χ1n) is 6.15. The summed E-state index contributed by atoms with van der Waals surface area (Å²) in [5.74, 6) is -0.952. The summed E-state index contributed by atoms with van der Waals surface area (Å²) in [6.07, 6.45) is -0.769. The minimum absolute atomic E-state index is 0.220. The predicted octanol–water partition coefficient (Wildman–Crippen LogP) is 3.85. The SMILES string of the molecule is CC(C)(C)N1C[C@@H](F)C[C@@H]1c1cc(F)ccc1F. The summed E-state index contributed by atoms with van der Waals surface area (Å²) in [6.45, 7) is 6.13. The molecular weight excluding hydrogens is 239 g/mol. The van der Waals surface area contributed by atoms with E-state index in [-0.39, 0.29) is 24.1 Å². The summed E-state index contributed by atoms with van der Waals surface area (Å²) in [5, 5.41) is 0. The van der Waals surface area contributed by atoms with Crippen LogP contribution in [0.2, 0.25) is 0 Å². The highest BCUT2D eigenvalue weighted by atomic mass is 19.1. The third-order valence-electron chi connectivity index (χ3n) is 3.43. The number of rotatable bonds is 1. The second-order valence-corrected chi connectivity index (χ2v) is 5.84. The van der Waals surface area contributed by atoms with Crippen LogP contribution in [0.25, 0.3) is 0 Å². The summed E-state index contributed by atoms with van der Waals surface area (Å²) in [6, 6.07) is 2.98. The number of benzene rings is 1. The molecule has 4 heteroatoms. The Balaban J connectivity index is 2.39. The molecule has 1 aliphatic heterocycles. The minimum atomic E-state index is -0.989. The van der Waals surface area contributed by atoms with Crippen LogP contribution < -0.4 is 0 Å². The van der Waals surface area contributed by atoms with Crippen molar-refractivity contribution in [3.8, 4) is 0 Å². The summed E-state index contributed by atoms with van der Waals surface area (Å²) in [7, 11) is 0. The van der Waals surface area contributed by atoms with E-state index in [0.717, 1.165) is 12.1 Å². The fourth-order valence-electron chi connectivity index (χ4n) is 2.59. The number of hydrogen-bond acceptors (Lipinski definition) is 1. The smallest absolute Gasteiger partial charge is 0.128 e. The van der Waals surface area contributed by atoms with E-state index in [0.29, 0.717) is 0 Å². The fourth-order valence-corrected chi connectivity index (χ4v) is 2.59. The standard InChI is InChI=1S/C14H18F3N/c1-14(2,3)18-8-10(16)7-13(18)11-6-9(15)4-5-12(11)17/h4-6,10,13H,7-8H2,1-3H3/t10-,13+/m0/s1. The van der Waals surface area contributed by atoms with Crippen LogP contribution in [0.1, 0.15) is 38.8 Å². The molecular formula is C14H18F3N. The van der Waals surface area contributed by atoms with E-state index < -0.39 is 23.8 Å². The maximum absolute atomic E-state index is 13.8. The largest absolute Gasteiger partial charge is 0.288 e. The highest BCUT2D eigenvalue weighted by Gasteiger charge is 2.40. The van der Waals surface area contributed by atoms with Crippen molar-refractivity contribution in [1.29, 1.82) is 0 Å². The van der Waals surface area contributed by atoms with Crippen LogP contribution in [0.5, 0.6) is 0 Å². The van der Waals surface area contributed by atoms with Crippen LogP contribution in [0.15, 0.2) is 18.2 Å². The van der Waals surface area contributed by atoms with Crippen LogP contribution in [-0.4, -0.2) is 23.2 Å². The molecule has 100 valence electrons. The maximum Gasteiger partial charge on any atom is 0.128 e. The van der Waals surface area contributed by atoms with Gasteiger partial charge in [-0.05, 0) is 45.4 Å². The lowest BCUT2D eigenvalue weighted by atomic mass is 9.98. The lowest BCUT2D eigenvalue weighted by Gasteiger charge is -2.37. The average molecular weight is 257 g/mol. The Hall–Kier alpha value is -1.03. The van der Waals surface area contributed by atoms with Crippen molar-refractivity contribution in [3.05, 3.63) is 35.4 Å².